The zero-order valence-corrected chi connectivity index (χ0v) is 27.0. The molecule has 5 aromatic rings. The van der Waals surface area contributed by atoms with Gasteiger partial charge in [-0.05, 0) is 46.4 Å². The van der Waals surface area contributed by atoms with E-state index in [2.05, 4.69) is 10.6 Å². The van der Waals surface area contributed by atoms with Crippen molar-refractivity contribution >= 4 is 23.4 Å². The second-order valence-electron chi connectivity index (χ2n) is 11.8. The lowest BCUT2D eigenvalue weighted by Gasteiger charge is -2.30. The maximum atomic E-state index is 13.7. The fraction of sp³-hybridized carbons (Fsp3) is 0.238. The third kappa shape index (κ3) is 10.6. The normalized spacial score (nSPS) is 13.8. The van der Waals surface area contributed by atoms with Crippen LogP contribution < -0.4 is 10.6 Å². The fourth-order valence-electron chi connectivity index (χ4n) is 5.84. The number of halogens is 1. The van der Waals surface area contributed by atoms with Gasteiger partial charge >= 0.3 is 0 Å². The van der Waals surface area contributed by atoms with E-state index in [0.717, 1.165) is 16.7 Å². The summed E-state index contributed by atoms with van der Waals surface area (Å²) in [5.41, 5.74) is 3.83. The quantitative estimate of drug-likeness (QED) is 0.0845. The molecule has 50 heavy (non-hydrogen) atoms. The minimum atomic E-state index is -1.93. The summed E-state index contributed by atoms with van der Waals surface area (Å²) in [6.45, 7) is 0. The van der Waals surface area contributed by atoms with Gasteiger partial charge in [0.15, 0.2) is 6.10 Å². The number of aliphatic hydroxyl groups excluding tert-OH is 3. The molecule has 262 valence electrons. The number of carbonyl (C=O) groups excluding carboxylic acids is 2. The van der Waals surface area contributed by atoms with Gasteiger partial charge in [-0.1, -0.05) is 160 Å². The van der Waals surface area contributed by atoms with Crippen molar-refractivity contribution in [2.45, 2.75) is 64.0 Å². The van der Waals surface area contributed by atoms with Crippen LogP contribution in [0, 0.1) is 0 Å². The Hall–Kier alpha value is -4.79. The molecular weight excluding hydrogens is 648 g/mol. The van der Waals surface area contributed by atoms with Gasteiger partial charge in [0, 0.05) is 17.4 Å². The molecule has 0 heterocycles. The van der Waals surface area contributed by atoms with Crippen LogP contribution in [-0.2, 0) is 16.0 Å². The summed E-state index contributed by atoms with van der Waals surface area (Å²) in [4.78, 5) is 27.3. The number of rotatable bonds is 14. The van der Waals surface area contributed by atoms with E-state index in [9.17, 15) is 24.9 Å². The molecule has 0 aliphatic heterocycles. The summed E-state index contributed by atoms with van der Waals surface area (Å²) >= 11 is 6.10. The summed E-state index contributed by atoms with van der Waals surface area (Å²) in [5, 5.41) is 40.2. The molecule has 7 nitrogen and oxygen atoms in total. The Balaban J connectivity index is 0.00000338. The molecule has 0 fully saturated rings. The Bertz CT molecular complexity index is 1690. The third-order valence-corrected chi connectivity index (χ3v) is 8.68. The second kappa shape index (κ2) is 19.4. The van der Waals surface area contributed by atoms with E-state index in [4.69, 9.17) is 11.6 Å². The van der Waals surface area contributed by atoms with E-state index >= 15 is 0 Å². The summed E-state index contributed by atoms with van der Waals surface area (Å²) in [7, 11) is 0. The first-order valence-corrected chi connectivity index (χ1v) is 16.3. The van der Waals surface area contributed by atoms with Gasteiger partial charge in [-0.25, -0.2) is 0 Å². The molecule has 5 unspecified atom stereocenters. The monoisotopic (exact) mass is 694 g/mol. The minimum Gasteiger partial charge on any atom is -0.388 e. The lowest BCUT2D eigenvalue weighted by molar-refractivity contribution is -0.139. The number of benzene rings is 5. The van der Waals surface area contributed by atoms with Crippen molar-refractivity contribution in [3.05, 3.63) is 178 Å². The predicted octanol–water partition coefficient (Wildman–Crippen LogP) is 7.17. The first kappa shape index (κ1) is 39.6. The van der Waals surface area contributed by atoms with Crippen molar-refractivity contribution in [2.24, 2.45) is 0 Å². The average Bonchev–Trinajstić information content (AvgIpc) is 3.14. The number of carbonyl (C=O) groups is 2. The summed E-state index contributed by atoms with van der Waals surface area (Å²) in [5.74, 6) is -1.52. The van der Waals surface area contributed by atoms with Crippen LogP contribution in [-0.4, -0.2) is 45.4 Å². The average molecular weight is 695 g/mol. The molecular formula is C42H47ClN2O5. The van der Waals surface area contributed by atoms with Crippen molar-refractivity contribution in [1.82, 2.24) is 10.6 Å². The Labute approximate surface area is 300 Å². The summed E-state index contributed by atoms with van der Waals surface area (Å²) in [6, 6.07) is 42.1. The number of hydrogen-bond donors (Lipinski definition) is 5. The fourth-order valence-corrected chi connectivity index (χ4v) is 5.97. The first-order valence-electron chi connectivity index (χ1n) is 15.9. The molecule has 0 radical (unpaired) electrons. The standard InChI is InChI=1S/C40H39ClN2O5.2CH4/c41-32-23-21-27(22-24-32)25-34(42-35(44)26-33(28-13-5-1-6-14-28)29-15-7-2-8-16-29)38(46)39(47)40(48)43-36(30-17-9-3-10-18-30)37(45)31-19-11-4-12-20-31;;/h1-24,33-34,36-39,45-47H,25-26H2,(H,42,44)(H,43,48);2*1H4. The van der Waals surface area contributed by atoms with Crippen molar-refractivity contribution in [3.8, 4) is 0 Å². The highest BCUT2D eigenvalue weighted by Gasteiger charge is 2.35. The highest BCUT2D eigenvalue weighted by Crippen LogP contribution is 2.30. The van der Waals surface area contributed by atoms with E-state index in [-0.39, 0.29) is 39.5 Å². The topological polar surface area (TPSA) is 119 Å². The van der Waals surface area contributed by atoms with E-state index in [1.807, 2.05) is 72.8 Å². The van der Waals surface area contributed by atoms with Gasteiger partial charge in [0.1, 0.15) is 12.2 Å². The van der Waals surface area contributed by atoms with E-state index in [1.54, 1.807) is 72.8 Å². The van der Waals surface area contributed by atoms with Gasteiger partial charge in [-0.3, -0.25) is 9.59 Å². The van der Waals surface area contributed by atoms with Gasteiger partial charge in [0.25, 0.3) is 5.91 Å². The number of nitrogens with one attached hydrogen (secondary N) is 2. The van der Waals surface area contributed by atoms with Crippen molar-refractivity contribution in [3.63, 3.8) is 0 Å². The van der Waals surface area contributed by atoms with Gasteiger partial charge in [-0.15, -0.1) is 0 Å². The Kier molecular flexibility index (Phi) is 15.4. The lowest BCUT2D eigenvalue weighted by Crippen LogP contribution is -2.55. The van der Waals surface area contributed by atoms with Crippen molar-refractivity contribution in [1.29, 1.82) is 0 Å². The largest absolute Gasteiger partial charge is 0.388 e. The molecule has 5 atom stereocenters. The molecule has 5 aromatic carbocycles. The van der Waals surface area contributed by atoms with Crippen LogP contribution in [0.4, 0.5) is 0 Å². The molecule has 0 aliphatic rings. The number of hydrogen-bond acceptors (Lipinski definition) is 5. The van der Waals surface area contributed by atoms with Gasteiger partial charge in [-0.2, -0.15) is 0 Å². The maximum absolute atomic E-state index is 13.7. The molecule has 0 spiro atoms. The molecule has 0 saturated heterocycles. The van der Waals surface area contributed by atoms with Gasteiger partial charge < -0.3 is 26.0 Å². The molecule has 2 amide bonds. The van der Waals surface area contributed by atoms with Crippen LogP contribution in [0.25, 0.3) is 0 Å². The minimum absolute atomic E-state index is 0. The summed E-state index contributed by atoms with van der Waals surface area (Å²) in [6.07, 6.45) is -4.58. The number of aliphatic hydroxyl groups is 3. The van der Waals surface area contributed by atoms with Crippen LogP contribution >= 0.6 is 11.6 Å². The van der Waals surface area contributed by atoms with Crippen LogP contribution in [0.1, 0.15) is 67.2 Å². The van der Waals surface area contributed by atoms with Crippen LogP contribution in [0.3, 0.4) is 0 Å². The maximum Gasteiger partial charge on any atom is 0.252 e. The molecule has 0 bridgehead atoms. The highest BCUT2D eigenvalue weighted by molar-refractivity contribution is 6.30. The van der Waals surface area contributed by atoms with Crippen LogP contribution in [0.15, 0.2) is 146 Å². The zero-order valence-electron chi connectivity index (χ0n) is 26.3. The SMILES string of the molecule is C.C.O=C(CC(c1ccccc1)c1ccccc1)NC(Cc1ccc(Cl)cc1)C(O)C(O)C(=O)NC(c1ccccc1)C(O)c1ccccc1. The second-order valence-corrected chi connectivity index (χ2v) is 12.2. The molecule has 0 aliphatic carbocycles. The van der Waals surface area contributed by atoms with Gasteiger partial charge in [0.05, 0.1) is 12.1 Å². The molecule has 5 rings (SSSR count). The number of amides is 2. The molecule has 5 N–H and O–H groups in total. The van der Waals surface area contributed by atoms with Crippen molar-refractivity contribution in [2.75, 3.05) is 0 Å². The zero-order chi connectivity index (χ0) is 33.9. The molecule has 8 heteroatoms. The smallest absolute Gasteiger partial charge is 0.252 e. The lowest BCUT2D eigenvalue weighted by atomic mass is 9.88. The van der Waals surface area contributed by atoms with E-state index < -0.39 is 36.3 Å². The first-order chi connectivity index (χ1) is 23.3. The molecule has 0 aromatic heterocycles. The van der Waals surface area contributed by atoms with E-state index in [0.29, 0.717) is 16.1 Å². The predicted molar refractivity (Wildman–Crippen MR) is 201 cm³/mol. The Morgan fingerprint density at radius 3 is 1.50 bits per heavy atom. The highest BCUT2D eigenvalue weighted by atomic mass is 35.5. The van der Waals surface area contributed by atoms with E-state index in [1.165, 1.54) is 0 Å². The summed E-state index contributed by atoms with van der Waals surface area (Å²) < 4.78 is 0. The van der Waals surface area contributed by atoms with Crippen LogP contribution in [0.2, 0.25) is 5.02 Å². The third-order valence-electron chi connectivity index (χ3n) is 8.43. The molecule has 0 saturated carbocycles. The van der Waals surface area contributed by atoms with Crippen LogP contribution in [0.5, 0.6) is 0 Å². The van der Waals surface area contributed by atoms with Gasteiger partial charge in [0.2, 0.25) is 5.91 Å². The Morgan fingerprint density at radius 1 is 0.580 bits per heavy atom. The van der Waals surface area contributed by atoms with Crippen molar-refractivity contribution < 1.29 is 24.9 Å². The Morgan fingerprint density at radius 2 is 1.02 bits per heavy atom.